The highest BCUT2D eigenvalue weighted by Crippen LogP contribution is 2.17. The predicted molar refractivity (Wildman–Crippen MR) is 71.5 cm³/mol. The first-order valence-electron chi connectivity index (χ1n) is 5.77. The summed E-state index contributed by atoms with van der Waals surface area (Å²) in [5.74, 6) is 0. The number of halogens is 1. The molecule has 3 heterocycles. The molecule has 1 aliphatic rings. The van der Waals surface area contributed by atoms with E-state index in [0.717, 1.165) is 38.4 Å². The second-order valence-electron chi connectivity index (χ2n) is 4.24. The van der Waals surface area contributed by atoms with Crippen molar-refractivity contribution in [2.45, 2.75) is 6.54 Å². The Morgan fingerprint density at radius 3 is 2.94 bits per heavy atom. The van der Waals surface area contributed by atoms with Crippen LogP contribution in [0.2, 0.25) is 0 Å². The third kappa shape index (κ3) is 2.60. The van der Waals surface area contributed by atoms with Gasteiger partial charge in [-0.1, -0.05) is 0 Å². The maximum atomic E-state index is 4.31. The molecule has 1 aliphatic heterocycles. The predicted octanol–water partition coefficient (Wildman–Crippen LogP) is 1.39. The van der Waals surface area contributed by atoms with Gasteiger partial charge in [-0.3, -0.25) is 4.90 Å². The molecule has 0 unspecified atom stereocenters. The molecule has 1 fully saturated rings. The number of hydrogen-bond acceptors (Lipinski definition) is 3. The van der Waals surface area contributed by atoms with Crippen molar-refractivity contribution in [3.05, 3.63) is 30.1 Å². The molecule has 3 rings (SSSR count). The number of aromatic nitrogens is 2. The Labute approximate surface area is 107 Å². The van der Waals surface area contributed by atoms with Gasteiger partial charge in [0.15, 0.2) is 0 Å². The lowest BCUT2D eigenvalue weighted by molar-refractivity contribution is 0.234. The van der Waals surface area contributed by atoms with Crippen LogP contribution in [0.15, 0.2) is 24.5 Å². The fourth-order valence-electron chi connectivity index (χ4n) is 2.25. The van der Waals surface area contributed by atoms with Gasteiger partial charge in [0.2, 0.25) is 0 Å². The number of nitrogens with zero attached hydrogens (tertiary/aromatic N) is 2. The molecule has 0 atom stereocenters. The summed E-state index contributed by atoms with van der Waals surface area (Å²) in [5.41, 5.74) is 2.35. The standard InChI is InChI=1S/C12H16N4.ClH/c1-2-11-10(8-15-12(11)14-3-1)9-16-6-4-13-5-7-16;/h1-3,8,13H,4-7,9H2,(H,14,15);1H. The molecule has 0 bridgehead atoms. The maximum Gasteiger partial charge on any atom is 0.137 e. The molecule has 0 saturated carbocycles. The van der Waals surface area contributed by atoms with Crippen molar-refractivity contribution in [3.63, 3.8) is 0 Å². The number of piperazine rings is 1. The van der Waals surface area contributed by atoms with Crippen LogP contribution in [0.1, 0.15) is 5.56 Å². The first-order chi connectivity index (χ1) is 7.93. The third-order valence-corrected chi connectivity index (χ3v) is 3.14. The van der Waals surface area contributed by atoms with Gasteiger partial charge in [-0.2, -0.15) is 0 Å². The second-order valence-corrected chi connectivity index (χ2v) is 4.24. The third-order valence-electron chi connectivity index (χ3n) is 3.14. The molecule has 0 amide bonds. The number of rotatable bonds is 2. The van der Waals surface area contributed by atoms with E-state index in [1.807, 2.05) is 12.3 Å². The molecule has 0 aromatic carbocycles. The molecule has 2 N–H and O–H groups in total. The van der Waals surface area contributed by atoms with Crippen molar-refractivity contribution in [3.8, 4) is 0 Å². The molecular weight excluding hydrogens is 236 g/mol. The Balaban J connectivity index is 0.00000108. The maximum absolute atomic E-state index is 4.31. The Kier molecular flexibility index (Phi) is 3.99. The van der Waals surface area contributed by atoms with E-state index in [4.69, 9.17) is 0 Å². The molecule has 17 heavy (non-hydrogen) atoms. The Morgan fingerprint density at radius 2 is 2.12 bits per heavy atom. The number of pyridine rings is 1. The smallest absolute Gasteiger partial charge is 0.137 e. The number of fused-ring (bicyclic) bond motifs is 1. The van der Waals surface area contributed by atoms with Crippen LogP contribution in [-0.4, -0.2) is 41.0 Å². The van der Waals surface area contributed by atoms with Crippen LogP contribution in [0.5, 0.6) is 0 Å². The van der Waals surface area contributed by atoms with Crippen molar-refractivity contribution < 1.29 is 0 Å². The van der Waals surface area contributed by atoms with Crippen LogP contribution in [-0.2, 0) is 6.54 Å². The average Bonchev–Trinajstić information content (AvgIpc) is 2.74. The average molecular weight is 253 g/mol. The zero-order valence-corrected chi connectivity index (χ0v) is 10.5. The monoisotopic (exact) mass is 252 g/mol. The highest BCUT2D eigenvalue weighted by molar-refractivity contribution is 5.85. The molecule has 0 spiro atoms. The summed E-state index contributed by atoms with van der Waals surface area (Å²) < 4.78 is 0. The van der Waals surface area contributed by atoms with E-state index in [9.17, 15) is 0 Å². The molecule has 2 aromatic rings. The largest absolute Gasteiger partial charge is 0.346 e. The molecule has 2 aromatic heterocycles. The lowest BCUT2D eigenvalue weighted by Crippen LogP contribution is -2.42. The van der Waals surface area contributed by atoms with Gasteiger partial charge in [0.1, 0.15) is 5.65 Å². The SMILES string of the molecule is Cl.c1cnc2[nH]cc(CN3CCNCC3)c2c1. The van der Waals surface area contributed by atoms with Crippen molar-refractivity contribution >= 4 is 23.4 Å². The second kappa shape index (κ2) is 5.49. The van der Waals surface area contributed by atoms with Crippen LogP contribution in [0.4, 0.5) is 0 Å². The normalized spacial score (nSPS) is 16.9. The molecule has 1 saturated heterocycles. The van der Waals surface area contributed by atoms with E-state index in [1.165, 1.54) is 10.9 Å². The van der Waals surface area contributed by atoms with Gasteiger partial charge >= 0.3 is 0 Å². The van der Waals surface area contributed by atoms with Gasteiger partial charge in [-0.25, -0.2) is 4.98 Å². The molecular formula is C12H17ClN4. The number of H-pyrrole nitrogens is 1. The van der Waals surface area contributed by atoms with E-state index in [0.29, 0.717) is 0 Å². The highest BCUT2D eigenvalue weighted by atomic mass is 35.5. The van der Waals surface area contributed by atoms with Gasteiger partial charge in [0.05, 0.1) is 0 Å². The molecule has 0 aliphatic carbocycles. The van der Waals surface area contributed by atoms with E-state index in [2.05, 4.69) is 32.4 Å². The summed E-state index contributed by atoms with van der Waals surface area (Å²) in [6.07, 6.45) is 3.91. The minimum Gasteiger partial charge on any atom is -0.346 e. The van der Waals surface area contributed by atoms with Gasteiger partial charge in [-0.05, 0) is 17.7 Å². The van der Waals surface area contributed by atoms with E-state index in [-0.39, 0.29) is 12.4 Å². The van der Waals surface area contributed by atoms with Crippen molar-refractivity contribution in [2.24, 2.45) is 0 Å². The van der Waals surface area contributed by atoms with Crippen molar-refractivity contribution in [1.82, 2.24) is 20.2 Å². The Bertz CT molecular complexity index is 476. The van der Waals surface area contributed by atoms with Gasteiger partial charge in [0, 0.05) is 50.5 Å². The fourth-order valence-corrected chi connectivity index (χ4v) is 2.25. The summed E-state index contributed by atoms with van der Waals surface area (Å²) in [4.78, 5) is 10.0. The van der Waals surface area contributed by atoms with E-state index >= 15 is 0 Å². The molecule has 92 valence electrons. The van der Waals surface area contributed by atoms with Crippen molar-refractivity contribution in [2.75, 3.05) is 26.2 Å². The van der Waals surface area contributed by atoms with Crippen molar-refractivity contribution in [1.29, 1.82) is 0 Å². The Morgan fingerprint density at radius 1 is 1.29 bits per heavy atom. The van der Waals surface area contributed by atoms with Gasteiger partial charge in [0.25, 0.3) is 0 Å². The lowest BCUT2D eigenvalue weighted by Gasteiger charge is -2.26. The zero-order valence-electron chi connectivity index (χ0n) is 9.65. The van der Waals surface area contributed by atoms with Crippen LogP contribution >= 0.6 is 12.4 Å². The van der Waals surface area contributed by atoms with Crippen LogP contribution in [0, 0.1) is 0 Å². The number of aromatic amines is 1. The van der Waals surface area contributed by atoms with Crippen LogP contribution in [0.25, 0.3) is 11.0 Å². The quantitative estimate of drug-likeness (QED) is 0.849. The lowest BCUT2D eigenvalue weighted by atomic mass is 10.2. The zero-order chi connectivity index (χ0) is 10.8. The first kappa shape index (κ1) is 12.4. The Hall–Kier alpha value is -1.10. The first-order valence-corrected chi connectivity index (χ1v) is 5.77. The van der Waals surface area contributed by atoms with Crippen LogP contribution < -0.4 is 5.32 Å². The molecule has 4 nitrogen and oxygen atoms in total. The van der Waals surface area contributed by atoms with E-state index < -0.39 is 0 Å². The van der Waals surface area contributed by atoms with Gasteiger partial charge < -0.3 is 10.3 Å². The molecule has 0 radical (unpaired) electrons. The van der Waals surface area contributed by atoms with Crippen LogP contribution in [0.3, 0.4) is 0 Å². The topological polar surface area (TPSA) is 44.0 Å². The number of hydrogen-bond donors (Lipinski definition) is 2. The summed E-state index contributed by atoms with van der Waals surface area (Å²) in [5, 5.41) is 4.62. The van der Waals surface area contributed by atoms with Gasteiger partial charge in [-0.15, -0.1) is 12.4 Å². The summed E-state index contributed by atoms with van der Waals surface area (Å²) in [7, 11) is 0. The minimum atomic E-state index is 0. The van der Waals surface area contributed by atoms with E-state index in [1.54, 1.807) is 0 Å². The highest BCUT2D eigenvalue weighted by Gasteiger charge is 2.12. The summed E-state index contributed by atoms with van der Waals surface area (Å²) in [6, 6.07) is 4.13. The molecule has 5 heteroatoms. The summed E-state index contributed by atoms with van der Waals surface area (Å²) >= 11 is 0. The number of nitrogens with one attached hydrogen (secondary N) is 2. The fraction of sp³-hybridized carbons (Fsp3) is 0.417. The summed E-state index contributed by atoms with van der Waals surface area (Å²) in [6.45, 7) is 5.48. The minimum absolute atomic E-state index is 0.